The average molecular weight is 517 g/mol. The lowest BCUT2D eigenvalue weighted by atomic mass is 10.0. The number of carbonyl (C=O) groups is 2. The van der Waals surface area contributed by atoms with Gasteiger partial charge in [0.1, 0.15) is 6.54 Å². The molecule has 0 radical (unpaired) electrons. The Kier molecular flexibility index (Phi) is 7.48. The largest absolute Gasteiger partial charge is 0.341 e. The first-order valence-corrected chi connectivity index (χ1v) is 13.2. The van der Waals surface area contributed by atoms with Crippen LogP contribution in [0, 0.1) is 0 Å². The van der Waals surface area contributed by atoms with Crippen LogP contribution in [-0.2, 0) is 35.5 Å². The molecule has 10 heteroatoms. The summed E-state index contributed by atoms with van der Waals surface area (Å²) < 4.78 is 2.46. The van der Waals surface area contributed by atoms with E-state index >= 15 is 0 Å². The van der Waals surface area contributed by atoms with Crippen LogP contribution in [0.25, 0.3) is 11.3 Å². The maximum atomic E-state index is 13.2. The molecule has 0 saturated carbocycles. The second-order valence-corrected chi connectivity index (χ2v) is 9.91. The number of carbonyl (C=O) groups excluding carboxylic acids is 2. The number of hydrogen-bond acceptors (Lipinski definition) is 6. The van der Waals surface area contributed by atoms with E-state index in [1.807, 2.05) is 30.0 Å². The first kappa shape index (κ1) is 25.6. The van der Waals surface area contributed by atoms with Crippen LogP contribution in [0.4, 0.5) is 0 Å². The molecular weight excluding hydrogens is 484 g/mol. The van der Waals surface area contributed by atoms with Crippen LogP contribution in [0.3, 0.4) is 0 Å². The van der Waals surface area contributed by atoms with Crippen molar-refractivity contribution in [1.29, 1.82) is 0 Å². The lowest BCUT2D eigenvalue weighted by Crippen LogP contribution is -2.50. The summed E-state index contributed by atoms with van der Waals surface area (Å²) in [6.07, 6.45) is 6.17. The van der Waals surface area contributed by atoms with Gasteiger partial charge in [-0.15, -0.1) is 0 Å². The van der Waals surface area contributed by atoms with Crippen LogP contribution >= 0.6 is 0 Å². The summed E-state index contributed by atoms with van der Waals surface area (Å²) in [7, 11) is 0. The number of rotatable bonds is 6. The predicted molar refractivity (Wildman–Crippen MR) is 141 cm³/mol. The maximum Gasteiger partial charge on any atom is 0.331 e. The summed E-state index contributed by atoms with van der Waals surface area (Å²) in [6.45, 7) is 3.68. The quantitative estimate of drug-likeness (QED) is 0.491. The van der Waals surface area contributed by atoms with E-state index in [1.165, 1.54) is 22.5 Å². The molecule has 3 aromatic rings. The fourth-order valence-corrected chi connectivity index (χ4v) is 5.47. The third-order valence-corrected chi connectivity index (χ3v) is 7.50. The molecule has 1 aromatic carbocycles. The molecule has 0 N–H and O–H groups in total. The van der Waals surface area contributed by atoms with Crippen LogP contribution in [0.15, 0.2) is 58.4 Å². The number of amides is 2. The van der Waals surface area contributed by atoms with Gasteiger partial charge in [-0.25, -0.2) is 4.79 Å². The Balaban J connectivity index is 1.28. The molecule has 0 bridgehead atoms. The molecule has 5 rings (SSSR count). The molecule has 38 heavy (non-hydrogen) atoms. The second-order valence-electron chi connectivity index (χ2n) is 9.91. The number of benzene rings is 1. The third-order valence-electron chi connectivity index (χ3n) is 7.50. The Morgan fingerprint density at radius 1 is 1.00 bits per heavy atom. The van der Waals surface area contributed by atoms with Gasteiger partial charge in [0.05, 0.1) is 17.7 Å². The molecule has 10 nitrogen and oxygen atoms in total. The summed E-state index contributed by atoms with van der Waals surface area (Å²) >= 11 is 0. The van der Waals surface area contributed by atoms with Gasteiger partial charge in [-0.3, -0.25) is 23.5 Å². The summed E-state index contributed by atoms with van der Waals surface area (Å²) in [4.78, 5) is 56.0. The van der Waals surface area contributed by atoms with E-state index in [1.54, 1.807) is 17.0 Å². The zero-order chi connectivity index (χ0) is 26.6. The highest BCUT2D eigenvalue weighted by atomic mass is 16.2. The molecule has 4 heterocycles. The van der Waals surface area contributed by atoms with Gasteiger partial charge in [0, 0.05) is 44.6 Å². The van der Waals surface area contributed by atoms with E-state index in [0.29, 0.717) is 51.0 Å². The van der Waals surface area contributed by atoms with Gasteiger partial charge >= 0.3 is 5.69 Å². The van der Waals surface area contributed by atoms with Crippen molar-refractivity contribution < 1.29 is 9.59 Å². The number of likely N-dealkylation sites (tertiary alicyclic amines) is 1. The van der Waals surface area contributed by atoms with Crippen LogP contribution in [-0.4, -0.2) is 66.6 Å². The fraction of sp³-hybridized carbons (Fsp3) is 0.429. The van der Waals surface area contributed by atoms with Crippen molar-refractivity contribution in [2.75, 3.05) is 19.6 Å². The Bertz CT molecular complexity index is 1440. The molecule has 198 valence electrons. The molecule has 1 fully saturated rings. The summed E-state index contributed by atoms with van der Waals surface area (Å²) in [5, 5.41) is 7.87. The molecule has 0 spiro atoms. The zero-order valence-corrected chi connectivity index (χ0v) is 21.6. The van der Waals surface area contributed by atoms with E-state index in [-0.39, 0.29) is 36.5 Å². The van der Waals surface area contributed by atoms with Gasteiger partial charge in [0.25, 0.3) is 5.56 Å². The lowest BCUT2D eigenvalue weighted by molar-refractivity contribution is -0.136. The Morgan fingerprint density at radius 2 is 1.76 bits per heavy atom. The van der Waals surface area contributed by atoms with Crippen LogP contribution in [0.1, 0.15) is 37.3 Å². The summed E-state index contributed by atoms with van der Waals surface area (Å²) in [5.41, 5.74) is 1.97. The summed E-state index contributed by atoms with van der Waals surface area (Å²) in [5.74, 6) is -0.0482. The summed E-state index contributed by atoms with van der Waals surface area (Å²) in [6, 6.07) is 11.5. The van der Waals surface area contributed by atoms with Crippen molar-refractivity contribution in [2.24, 2.45) is 0 Å². The smallest absolute Gasteiger partial charge is 0.331 e. The van der Waals surface area contributed by atoms with Gasteiger partial charge in [0.2, 0.25) is 11.8 Å². The normalized spacial score (nSPS) is 16.3. The zero-order valence-electron chi connectivity index (χ0n) is 21.6. The minimum absolute atomic E-state index is 0.0956. The maximum absolute atomic E-state index is 13.2. The van der Waals surface area contributed by atoms with Gasteiger partial charge in [-0.05, 0) is 48.9 Å². The first-order chi connectivity index (χ1) is 18.5. The van der Waals surface area contributed by atoms with Crippen molar-refractivity contribution in [1.82, 2.24) is 29.1 Å². The Morgan fingerprint density at radius 3 is 2.47 bits per heavy atom. The van der Waals surface area contributed by atoms with Crippen LogP contribution < -0.4 is 11.2 Å². The Hall–Kier alpha value is -4.08. The molecule has 2 aromatic heterocycles. The van der Waals surface area contributed by atoms with Gasteiger partial charge in [-0.1, -0.05) is 31.2 Å². The highest BCUT2D eigenvalue weighted by molar-refractivity contribution is 5.80. The monoisotopic (exact) mass is 516 g/mol. The minimum Gasteiger partial charge on any atom is -0.341 e. The number of aromatic nitrogens is 4. The van der Waals surface area contributed by atoms with Gasteiger partial charge in [-0.2, -0.15) is 10.2 Å². The van der Waals surface area contributed by atoms with Crippen molar-refractivity contribution in [3.8, 4) is 11.3 Å². The predicted octanol–water partition coefficient (Wildman–Crippen LogP) is 1.50. The Labute approximate surface area is 220 Å². The minimum atomic E-state index is -0.512. The molecule has 1 saturated heterocycles. The SMILES string of the molecule is CCCn1c(=O)c(-c2cccnn2)cn(CC(=O)N2CCC(N3CCc4ccccc4CC3=O)CC2)c1=O. The van der Waals surface area contributed by atoms with Crippen molar-refractivity contribution >= 4 is 11.8 Å². The molecule has 2 aliphatic rings. The molecule has 2 aliphatic heterocycles. The molecule has 0 aliphatic carbocycles. The lowest BCUT2D eigenvalue weighted by Gasteiger charge is -2.38. The van der Waals surface area contributed by atoms with E-state index in [9.17, 15) is 19.2 Å². The standard InChI is InChI=1S/C28H32N6O4/c1-2-13-34-27(37)23(24-8-5-12-29-30-24)18-32(28(34)38)19-26(36)31-14-10-22(11-15-31)33-16-9-20-6-3-4-7-21(20)17-25(33)35/h3-8,12,18,22H,2,9-11,13-17,19H2,1H3. The number of hydrogen-bond donors (Lipinski definition) is 0. The van der Waals surface area contributed by atoms with E-state index in [4.69, 9.17) is 0 Å². The van der Waals surface area contributed by atoms with Gasteiger partial charge in [0.15, 0.2) is 0 Å². The third kappa shape index (κ3) is 5.16. The van der Waals surface area contributed by atoms with Crippen LogP contribution in [0.5, 0.6) is 0 Å². The highest BCUT2D eigenvalue weighted by Gasteiger charge is 2.31. The number of nitrogens with zero attached hydrogens (tertiary/aromatic N) is 6. The van der Waals surface area contributed by atoms with Crippen molar-refractivity contribution in [3.63, 3.8) is 0 Å². The topological polar surface area (TPSA) is 110 Å². The first-order valence-electron chi connectivity index (χ1n) is 13.2. The van der Waals surface area contributed by atoms with Gasteiger partial charge < -0.3 is 9.80 Å². The molecule has 2 amide bonds. The van der Waals surface area contributed by atoms with Crippen molar-refractivity contribution in [2.45, 2.75) is 58.2 Å². The van der Waals surface area contributed by atoms with E-state index in [2.05, 4.69) is 16.3 Å². The molecule has 0 atom stereocenters. The molecular formula is C28H32N6O4. The fourth-order valence-electron chi connectivity index (χ4n) is 5.47. The van der Waals surface area contributed by atoms with E-state index in [0.717, 1.165) is 16.6 Å². The number of fused-ring (bicyclic) bond motifs is 1. The van der Waals surface area contributed by atoms with Crippen LogP contribution in [0.2, 0.25) is 0 Å². The van der Waals surface area contributed by atoms with Crippen molar-refractivity contribution in [3.05, 3.63) is 80.8 Å². The number of piperidine rings is 1. The molecule has 0 unspecified atom stereocenters. The second kappa shape index (κ2) is 11.1. The average Bonchev–Trinajstić information content (AvgIpc) is 3.11. The van der Waals surface area contributed by atoms with E-state index < -0.39 is 11.2 Å². The highest BCUT2D eigenvalue weighted by Crippen LogP contribution is 2.23.